The first kappa shape index (κ1) is 24.8. The topological polar surface area (TPSA) is 54.9 Å². The molecule has 6 heteroatoms. The molecule has 1 saturated heterocycles. The number of hydrogen-bond acceptors (Lipinski definition) is 5. The lowest BCUT2D eigenvalue weighted by Gasteiger charge is -2.35. The lowest BCUT2D eigenvalue weighted by molar-refractivity contribution is -0.131. The number of piperazine rings is 1. The van der Waals surface area contributed by atoms with E-state index in [0.29, 0.717) is 32.5 Å². The van der Waals surface area contributed by atoms with E-state index in [1.165, 1.54) is 11.1 Å². The predicted octanol–water partition coefficient (Wildman–Crippen LogP) is 5.36. The summed E-state index contributed by atoms with van der Waals surface area (Å²) in [5.41, 5.74) is 3.48. The number of rotatable bonds is 7. The van der Waals surface area contributed by atoms with Crippen molar-refractivity contribution in [1.29, 1.82) is 0 Å². The number of fused-ring (bicyclic) bond motifs is 1. The minimum atomic E-state index is 0.130. The van der Waals surface area contributed by atoms with Crippen LogP contribution in [-0.4, -0.2) is 55.7 Å². The normalized spacial score (nSPS) is 14.3. The van der Waals surface area contributed by atoms with Crippen molar-refractivity contribution < 1.29 is 14.3 Å². The Balaban J connectivity index is 1.25. The fraction of sp³-hybridized carbons (Fsp3) is 0.448. The summed E-state index contributed by atoms with van der Waals surface area (Å²) in [6.45, 7) is 12.2. The van der Waals surface area contributed by atoms with Crippen LogP contribution in [0.4, 0.5) is 5.82 Å². The fourth-order valence-corrected chi connectivity index (χ4v) is 4.51. The van der Waals surface area contributed by atoms with Gasteiger partial charge in [0.2, 0.25) is 5.91 Å². The average molecular weight is 476 g/mol. The molecule has 35 heavy (non-hydrogen) atoms. The smallest absolute Gasteiger partial charge is 0.222 e. The maximum Gasteiger partial charge on any atom is 0.222 e. The van der Waals surface area contributed by atoms with Gasteiger partial charge in [0.25, 0.3) is 0 Å². The van der Waals surface area contributed by atoms with Gasteiger partial charge in [-0.15, -0.1) is 0 Å². The van der Waals surface area contributed by atoms with Gasteiger partial charge in [0.1, 0.15) is 22.8 Å². The molecule has 1 aliphatic rings. The second-order valence-electron chi connectivity index (χ2n) is 10.2. The summed E-state index contributed by atoms with van der Waals surface area (Å²) in [6.07, 6.45) is 1.22. The van der Waals surface area contributed by atoms with Crippen LogP contribution >= 0.6 is 0 Å². The number of hydrogen-bond donors (Lipinski definition) is 0. The molecule has 0 N–H and O–H groups in total. The van der Waals surface area contributed by atoms with Gasteiger partial charge in [-0.1, -0.05) is 45.0 Å². The highest BCUT2D eigenvalue weighted by Crippen LogP contribution is 2.29. The summed E-state index contributed by atoms with van der Waals surface area (Å²) >= 11 is 0. The monoisotopic (exact) mass is 475 g/mol. The Morgan fingerprint density at radius 1 is 1.03 bits per heavy atom. The van der Waals surface area contributed by atoms with Crippen molar-refractivity contribution in [3.05, 3.63) is 59.7 Å². The number of carbonyl (C=O) groups excluding carboxylic acids is 1. The van der Waals surface area contributed by atoms with Crippen molar-refractivity contribution in [2.75, 3.05) is 44.8 Å². The van der Waals surface area contributed by atoms with Crippen LogP contribution in [0.1, 0.15) is 44.7 Å². The molecule has 0 spiro atoms. The first-order valence-electron chi connectivity index (χ1n) is 12.5. The third-order valence-corrected chi connectivity index (χ3v) is 6.70. The molecule has 1 amide bonds. The highest BCUT2D eigenvalue weighted by atomic mass is 16.5. The number of ether oxygens (including phenoxy) is 2. The molecular formula is C29H37N3O3. The molecule has 1 fully saturated rings. The molecule has 4 rings (SSSR count). The lowest BCUT2D eigenvalue weighted by atomic mass is 9.87. The quantitative estimate of drug-likeness (QED) is 0.431. The number of aryl methyl sites for hydroxylation is 1. The summed E-state index contributed by atoms with van der Waals surface area (Å²) in [6, 6.07) is 16.4. The summed E-state index contributed by atoms with van der Waals surface area (Å²) in [5, 5.41) is 1.11. The van der Waals surface area contributed by atoms with Crippen LogP contribution in [0.5, 0.6) is 11.5 Å². The number of anilines is 1. The molecule has 2 aromatic carbocycles. The van der Waals surface area contributed by atoms with Gasteiger partial charge in [-0.25, -0.2) is 4.98 Å². The Bertz CT molecular complexity index is 1160. The molecule has 0 unspecified atom stereocenters. The van der Waals surface area contributed by atoms with Crippen molar-refractivity contribution in [3.63, 3.8) is 0 Å². The Hall–Kier alpha value is -3.28. The van der Waals surface area contributed by atoms with Crippen molar-refractivity contribution in [2.45, 2.75) is 46.0 Å². The highest BCUT2D eigenvalue weighted by Gasteiger charge is 2.22. The molecule has 1 aromatic heterocycles. The SMILES string of the molecule is COc1cccc2c(C)cc(N3CCN(C(=O)CCCOc4ccc(C(C)(C)C)cc4)CC3)nc12. The van der Waals surface area contributed by atoms with E-state index in [0.717, 1.165) is 41.3 Å². The van der Waals surface area contributed by atoms with Crippen LogP contribution in [0.15, 0.2) is 48.5 Å². The average Bonchev–Trinajstić information content (AvgIpc) is 2.86. The maximum absolute atomic E-state index is 12.7. The number of amides is 1. The first-order chi connectivity index (χ1) is 16.8. The number of pyridine rings is 1. The number of carbonyl (C=O) groups is 1. The molecule has 0 radical (unpaired) electrons. The van der Waals surface area contributed by atoms with Gasteiger partial charge in [-0.05, 0) is 54.2 Å². The van der Waals surface area contributed by atoms with Crippen LogP contribution in [-0.2, 0) is 10.2 Å². The number of para-hydroxylation sites is 1. The molecule has 186 valence electrons. The van der Waals surface area contributed by atoms with E-state index in [1.807, 2.05) is 29.2 Å². The standard InChI is InChI=1S/C29H37N3O3/c1-21-20-26(30-28-24(21)8-6-9-25(28)34-5)31-15-17-32(18-16-31)27(33)10-7-19-35-23-13-11-22(12-14-23)29(2,3)4/h6,8-9,11-14,20H,7,10,15-19H2,1-5H3. The molecule has 1 aliphatic heterocycles. The van der Waals surface area contributed by atoms with Gasteiger partial charge in [0.15, 0.2) is 0 Å². The molecule has 0 atom stereocenters. The van der Waals surface area contributed by atoms with Crippen LogP contribution in [0.25, 0.3) is 10.9 Å². The predicted molar refractivity (Wildman–Crippen MR) is 142 cm³/mol. The second-order valence-corrected chi connectivity index (χ2v) is 10.2. The lowest BCUT2D eigenvalue weighted by Crippen LogP contribution is -2.49. The zero-order chi connectivity index (χ0) is 25.0. The summed E-state index contributed by atoms with van der Waals surface area (Å²) in [7, 11) is 1.68. The minimum absolute atomic E-state index is 0.130. The van der Waals surface area contributed by atoms with E-state index < -0.39 is 0 Å². The van der Waals surface area contributed by atoms with Crippen LogP contribution in [0.2, 0.25) is 0 Å². The number of aromatic nitrogens is 1. The first-order valence-corrected chi connectivity index (χ1v) is 12.5. The molecule has 3 aromatic rings. The van der Waals surface area contributed by atoms with Crippen LogP contribution in [0.3, 0.4) is 0 Å². The molecule has 2 heterocycles. The fourth-order valence-electron chi connectivity index (χ4n) is 4.51. The molecule has 6 nitrogen and oxygen atoms in total. The number of methoxy groups -OCH3 is 1. The third kappa shape index (κ3) is 5.87. The van der Waals surface area contributed by atoms with Gasteiger partial charge in [0.05, 0.1) is 13.7 Å². The van der Waals surface area contributed by atoms with E-state index in [9.17, 15) is 4.79 Å². The maximum atomic E-state index is 12.7. The van der Waals surface area contributed by atoms with Crippen molar-refractivity contribution in [2.24, 2.45) is 0 Å². The minimum Gasteiger partial charge on any atom is -0.494 e. The van der Waals surface area contributed by atoms with E-state index in [2.05, 4.69) is 56.9 Å². The molecule has 0 bridgehead atoms. The van der Waals surface area contributed by atoms with Gasteiger partial charge < -0.3 is 19.3 Å². The van der Waals surface area contributed by atoms with Gasteiger partial charge in [-0.2, -0.15) is 0 Å². The molecule has 0 saturated carbocycles. The largest absolute Gasteiger partial charge is 0.494 e. The zero-order valence-corrected chi connectivity index (χ0v) is 21.6. The van der Waals surface area contributed by atoms with E-state index >= 15 is 0 Å². The number of benzene rings is 2. The van der Waals surface area contributed by atoms with E-state index in [4.69, 9.17) is 14.5 Å². The Labute approximate surface area is 208 Å². The highest BCUT2D eigenvalue weighted by molar-refractivity contribution is 5.89. The molecular weight excluding hydrogens is 438 g/mol. The third-order valence-electron chi connectivity index (χ3n) is 6.70. The van der Waals surface area contributed by atoms with Gasteiger partial charge >= 0.3 is 0 Å². The summed E-state index contributed by atoms with van der Waals surface area (Å²) < 4.78 is 11.4. The zero-order valence-electron chi connectivity index (χ0n) is 21.6. The van der Waals surface area contributed by atoms with Gasteiger partial charge in [0, 0.05) is 38.0 Å². The summed E-state index contributed by atoms with van der Waals surface area (Å²) in [4.78, 5) is 21.8. The Kier molecular flexibility index (Phi) is 7.48. The van der Waals surface area contributed by atoms with Crippen molar-refractivity contribution >= 4 is 22.6 Å². The van der Waals surface area contributed by atoms with Crippen LogP contribution in [0, 0.1) is 6.92 Å². The Morgan fingerprint density at radius 3 is 2.40 bits per heavy atom. The Morgan fingerprint density at radius 2 is 1.74 bits per heavy atom. The van der Waals surface area contributed by atoms with Crippen molar-refractivity contribution in [3.8, 4) is 11.5 Å². The van der Waals surface area contributed by atoms with Gasteiger partial charge in [-0.3, -0.25) is 4.79 Å². The van der Waals surface area contributed by atoms with E-state index in [1.54, 1.807) is 7.11 Å². The number of nitrogens with zero attached hydrogens (tertiary/aromatic N) is 3. The summed E-state index contributed by atoms with van der Waals surface area (Å²) in [5.74, 6) is 2.78. The van der Waals surface area contributed by atoms with Crippen molar-refractivity contribution in [1.82, 2.24) is 9.88 Å². The van der Waals surface area contributed by atoms with E-state index in [-0.39, 0.29) is 11.3 Å². The second kappa shape index (κ2) is 10.5. The van der Waals surface area contributed by atoms with Crippen LogP contribution < -0.4 is 14.4 Å². The molecule has 0 aliphatic carbocycles.